The lowest BCUT2D eigenvalue weighted by molar-refractivity contribution is 0.106. The molecule has 2 N–H and O–H groups in total. The van der Waals surface area contributed by atoms with Gasteiger partial charge in [0.2, 0.25) is 0 Å². The van der Waals surface area contributed by atoms with Crippen molar-refractivity contribution in [2.45, 2.75) is 39.3 Å². The van der Waals surface area contributed by atoms with Crippen molar-refractivity contribution >= 4 is 10.9 Å². The Morgan fingerprint density at radius 2 is 2.00 bits per heavy atom. The predicted octanol–water partition coefficient (Wildman–Crippen LogP) is 3.26. The van der Waals surface area contributed by atoms with Crippen LogP contribution in [0.15, 0.2) is 30.5 Å². The molecule has 0 saturated heterocycles. The minimum absolute atomic E-state index is 0.200. The van der Waals surface area contributed by atoms with Crippen LogP contribution >= 0.6 is 0 Å². The molecule has 1 heterocycles. The number of rotatable bonds is 4. The van der Waals surface area contributed by atoms with Crippen LogP contribution in [0.4, 0.5) is 0 Å². The predicted molar refractivity (Wildman–Crippen MR) is 74.6 cm³/mol. The van der Waals surface area contributed by atoms with E-state index in [2.05, 4.69) is 25.8 Å². The van der Waals surface area contributed by atoms with Crippen LogP contribution < -0.4 is 10.5 Å². The Bertz CT molecular complexity index is 549. The van der Waals surface area contributed by atoms with Gasteiger partial charge in [-0.3, -0.25) is 4.98 Å². The molecule has 0 radical (unpaired) electrons. The third-order valence-electron chi connectivity index (χ3n) is 3.25. The number of aromatic nitrogens is 1. The summed E-state index contributed by atoms with van der Waals surface area (Å²) in [6.45, 7) is 6.73. The van der Waals surface area contributed by atoms with E-state index in [1.807, 2.05) is 30.5 Å². The second-order valence-corrected chi connectivity index (χ2v) is 5.05. The van der Waals surface area contributed by atoms with Gasteiger partial charge in [0.25, 0.3) is 0 Å². The van der Waals surface area contributed by atoms with Gasteiger partial charge in [-0.05, 0) is 32.4 Å². The maximum atomic E-state index is 6.17. The summed E-state index contributed by atoms with van der Waals surface area (Å²) >= 11 is 0. The molecule has 2 aromatic rings. The van der Waals surface area contributed by atoms with Crippen molar-refractivity contribution in [2.24, 2.45) is 5.73 Å². The van der Waals surface area contributed by atoms with Crippen LogP contribution in [0.2, 0.25) is 0 Å². The van der Waals surface area contributed by atoms with Crippen LogP contribution in [0.5, 0.6) is 5.75 Å². The summed E-state index contributed by atoms with van der Waals surface area (Å²) in [6, 6.07) is 7.99. The van der Waals surface area contributed by atoms with Gasteiger partial charge in [-0.2, -0.15) is 0 Å². The van der Waals surface area contributed by atoms with Crippen LogP contribution in [0.3, 0.4) is 0 Å². The highest BCUT2D eigenvalue weighted by molar-refractivity contribution is 5.86. The van der Waals surface area contributed by atoms with Crippen molar-refractivity contribution in [1.29, 1.82) is 0 Å². The van der Waals surface area contributed by atoms with Crippen molar-refractivity contribution < 1.29 is 4.74 Å². The number of hydrogen-bond donors (Lipinski definition) is 1. The molecule has 0 spiro atoms. The summed E-state index contributed by atoms with van der Waals surface area (Å²) in [4.78, 5) is 4.41. The van der Waals surface area contributed by atoms with Gasteiger partial charge in [0.15, 0.2) is 0 Å². The molecule has 0 aliphatic rings. The van der Waals surface area contributed by atoms with E-state index < -0.39 is 0 Å². The van der Waals surface area contributed by atoms with E-state index in [1.54, 1.807) is 0 Å². The normalized spacial score (nSPS) is 11.8. The van der Waals surface area contributed by atoms with Gasteiger partial charge in [-0.25, -0.2) is 0 Å². The SMILES string of the molecule is CCC(C)(C)Oc1c(CN)cnc2ccccc12. The molecule has 1 aromatic carbocycles. The highest BCUT2D eigenvalue weighted by Gasteiger charge is 2.20. The molecule has 3 heteroatoms. The monoisotopic (exact) mass is 244 g/mol. The van der Waals surface area contributed by atoms with Crippen LogP contribution in [-0.4, -0.2) is 10.6 Å². The van der Waals surface area contributed by atoms with Gasteiger partial charge in [-0.1, -0.05) is 19.1 Å². The highest BCUT2D eigenvalue weighted by Crippen LogP contribution is 2.31. The molecule has 0 atom stereocenters. The number of benzene rings is 1. The topological polar surface area (TPSA) is 48.1 Å². The first-order chi connectivity index (χ1) is 8.57. The van der Waals surface area contributed by atoms with Crippen LogP contribution in [0.25, 0.3) is 10.9 Å². The lowest BCUT2D eigenvalue weighted by Crippen LogP contribution is -2.27. The van der Waals surface area contributed by atoms with Crippen molar-refractivity contribution in [3.8, 4) is 5.75 Å². The van der Waals surface area contributed by atoms with E-state index in [4.69, 9.17) is 10.5 Å². The second-order valence-electron chi connectivity index (χ2n) is 5.05. The van der Waals surface area contributed by atoms with Gasteiger partial charge in [0, 0.05) is 23.7 Å². The molecule has 0 aliphatic heterocycles. The van der Waals surface area contributed by atoms with Crippen LogP contribution in [-0.2, 0) is 6.54 Å². The average Bonchev–Trinajstić information content (AvgIpc) is 2.39. The summed E-state index contributed by atoms with van der Waals surface area (Å²) in [6.07, 6.45) is 2.75. The second kappa shape index (κ2) is 4.94. The Labute approximate surface area is 108 Å². The molecular weight excluding hydrogens is 224 g/mol. The molecule has 0 bridgehead atoms. The maximum absolute atomic E-state index is 6.17. The first-order valence-electron chi connectivity index (χ1n) is 6.33. The molecule has 2 rings (SSSR count). The van der Waals surface area contributed by atoms with E-state index in [9.17, 15) is 0 Å². The lowest BCUT2D eigenvalue weighted by Gasteiger charge is -2.27. The third kappa shape index (κ3) is 2.46. The molecule has 0 amide bonds. The molecular formula is C15H20N2O. The summed E-state index contributed by atoms with van der Waals surface area (Å²) in [5.41, 5.74) is 7.48. The van der Waals surface area contributed by atoms with Crippen molar-refractivity contribution in [3.63, 3.8) is 0 Å². The van der Waals surface area contributed by atoms with Gasteiger partial charge < -0.3 is 10.5 Å². The number of para-hydroxylation sites is 1. The minimum Gasteiger partial charge on any atom is -0.487 e. The van der Waals surface area contributed by atoms with Gasteiger partial charge in [-0.15, -0.1) is 0 Å². The number of fused-ring (bicyclic) bond motifs is 1. The van der Waals surface area contributed by atoms with Gasteiger partial charge >= 0.3 is 0 Å². The lowest BCUT2D eigenvalue weighted by atomic mass is 10.1. The Hall–Kier alpha value is -1.61. The summed E-state index contributed by atoms with van der Waals surface area (Å²) in [7, 11) is 0. The fraction of sp³-hybridized carbons (Fsp3) is 0.400. The molecule has 0 unspecified atom stereocenters. The minimum atomic E-state index is -0.200. The summed E-state index contributed by atoms with van der Waals surface area (Å²) in [5.74, 6) is 0.870. The zero-order valence-electron chi connectivity index (χ0n) is 11.2. The van der Waals surface area contributed by atoms with Gasteiger partial charge in [0.1, 0.15) is 11.4 Å². The van der Waals surface area contributed by atoms with E-state index >= 15 is 0 Å². The number of nitrogens with two attached hydrogens (primary N) is 1. The standard InChI is InChI=1S/C15H20N2O/c1-4-15(2,3)18-14-11(9-16)10-17-13-8-6-5-7-12(13)14/h5-8,10H,4,9,16H2,1-3H3. The molecule has 0 fully saturated rings. The van der Waals surface area contributed by atoms with E-state index in [-0.39, 0.29) is 5.60 Å². The average molecular weight is 244 g/mol. The Morgan fingerprint density at radius 1 is 1.28 bits per heavy atom. The first kappa shape index (κ1) is 12.8. The molecule has 0 saturated carbocycles. The zero-order valence-corrected chi connectivity index (χ0v) is 11.2. The summed E-state index contributed by atoms with van der Waals surface area (Å²) in [5, 5.41) is 1.03. The molecule has 1 aromatic heterocycles. The van der Waals surface area contributed by atoms with Crippen LogP contribution in [0.1, 0.15) is 32.8 Å². The maximum Gasteiger partial charge on any atom is 0.135 e. The van der Waals surface area contributed by atoms with E-state index in [0.717, 1.165) is 28.6 Å². The fourth-order valence-electron chi connectivity index (χ4n) is 1.77. The number of ether oxygens (including phenoxy) is 1. The Morgan fingerprint density at radius 3 is 2.67 bits per heavy atom. The largest absolute Gasteiger partial charge is 0.487 e. The highest BCUT2D eigenvalue weighted by atomic mass is 16.5. The quantitative estimate of drug-likeness (QED) is 0.898. The molecule has 96 valence electrons. The molecule has 18 heavy (non-hydrogen) atoms. The molecule has 3 nitrogen and oxygen atoms in total. The Kier molecular flexibility index (Phi) is 3.53. The Balaban J connectivity index is 2.58. The van der Waals surface area contributed by atoms with Crippen LogP contribution in [0, 0.1) is 0 Å². The van der Waals surface area contributed by atoms with Crippen molar-refractivity contribution in [3.05, 3.63) is 36.0 Å². The number of hydrogen-bond acceptors (Lipinski definition) is 3. The molecule has 0 aliphatic carbocycles. The number of nitrogens with zero attached hydrogens (tertiary/aromatic N) is 1. The number of pyridine rings is 1. The van der Waals surface area contributed by atoms with E-state index in [0.29, 0.717) is 6.54 Å². The first-order valence-corrected chi connectivity index (χ1v) is 6.33. The van der Waals surface area contributed by atoms with Crippen molar-refractivity contribution in [2.75, 3.05) is 0 Å². The van der Waals surface area contributed by atoms with Crippen molar-refractivity contribution in [1.82, 2.24) is 4.98 Å². The van der Waals surface area contributed by atoms with E-state index in [1.165, 1.54) is 0 Å². The zero-order chi connectivity index (χ0) is 13.2. The summed E-state index contributed by atoms with van der Waals surface area (Å²) < 4.78 is 6.17. The smallest absolute Gasteiger partial charge is 0.135 e. The third-order valence-corrected chi connectivity index (χ3v) is 3.25. The van der Waals surface area contributed by atoms with Gasteiger partial charge in [0.05, 0.1) is 5.52 Å². The fourth-order valence-corrected chi connectivity index (χ4v) is 1.77.